The number of benzene rings is 1. The van der Waals surface area contributed by atoms with E-state index in [4.69, 9.17) is 27.0 Å². The minimum absolute atomic E-state index is 0.243. The second-order valence-corrected chi connectivity index (χ2v) is 6.62. The van der Waals surface area contributed by atoms with Crippen LogP contribution in [0.2, 0.25) is 0 Å². The van der Waals surface area contributed by atoms with Crippen LogP contribution in [0.15, 0.2) is 24.3 Å². The van der Waals surface area contributed by atoms with E-state index in [0.717, 1.165) is 5.56 Å². The van der Waals surface area contributed by atoms with Crippen LogP contribution in [0, 0.1) is 5.92 Å². The summed E-state index contributed by atoms with van der Waals surface area (Å²) in [5, 5.41) is 0. The number of hydrogen-bond acceptors (Lipinski definition) is 6. The van der Waals surface area contributed by atoms with Crippen LogP contribution in [0.25, 0.3) is 0 Å². The molecule has 1 aromatic rings. The maximum Gasteiger partial charge on any atom is 0.338 e. The third kappa shape index (κ3) is 7.19. The molecule has 0 aliphatic heterocycles. The highest BCUT2D eigenvalue weighted by Gasteiger charge is 2.32. The smallest absolute Gasteiger partial charge is 0.338 e. The Labute approximate surface area is 147 Å². The van der Waals surface area contributed by atoms with Crippen molar-refractivity contribution in [3.63, 3.8) is 0 Å². The quantitative estimate of drug-likeness (QED) is 0.333. The first-order chi connectivity index (χ1) is 11.3. The van der Waals surface area contributed by atoms with Crippen molar-refractivity contribution in [2.45, 2.75) is 39.2 Å². The van der Waals surface area contributed by atoms with Crippen molar-refractivity contribution in [3.8, 4) is 5.75 Å². The molecule has 134 valence electrons. The zero-order valence-corrected chi connectivity index (χ0v) is 15.0. The molecule has 1 aromatic carbocycles. The third-order valence-electron chi connectivity index (χ3n) is 3.08. The Morgan fingerprint density at radius 1 is 1.17 bits per heavy atom. The maximum atomic E-state index is 12.1. The van der Waals surface area contributed by atoms with Crippen LogP contribution in [0.5, 0.6) is 5.75 Å². The zero-order chi connectivity index (χ0) is 18.2. The lowest BCUT2D eigenvalue weighted by atomic mass is 9.99. The molecule has 0 aliphatic rings. The van der Waals surface area contributed by atoms with Gasteiger partial charge in [-0.3, -0.25) is 4.79 Å². The highest BCUT2D eigenvalue weighted by molar-refractivity contribution is 6.18. The number of carbonyl (C=O) groups excluding carboxylic acids is 2. The Kier molecular flexibility index (Phi) is 8.01. The molecule has 7 heteroatoms. The van der Waals surface area contributed by atoms with Crippen LogP contribution in [-0.2, 0) is 25.6 Å². The van der Waals surface area contributed by atoms with Gasteiger partial charge in [-0.15, -0.1) is 11.6 Å². The van der Waals surface area contributed by atoms with Gasteiger partial charge in [0.25, 0.3) is 0 Å². The molecule has 0 saturated carbocycles. The molecule has 0 fully saturated rings. The number of aryl methyl sites for hydroxylation is 1. The van der Waals surface area contributed by atoms with Gasteiger partial charge in [0.05, 0.1) is 5.88 Å². The van der Waals surface area contributed by atoms with Crippen LogP contribution >= 0.6 is 11.6 Å². The van der Waals surface area contributed by atoms with Gasteiger partial charge in [0.2, 0.25) is 0 Å². The monoisotopic (exact) mass is 357 g/mol. The standard InChI is InChI=1S/C17H24ClNO5/c1-17(2,3)23-15(20)14(16(21)24-19)9-6-12-4-7-13(8-5-12)22-11-10-18/h4-5,7-8,14H,6,9-11,19H2,1-3H3. The third-order valence-corrected chi connectivity index (χ3v) is 3.24. The van der Waals surface area contributed by atoms with Crippen molar-refractivity contribution in [3.05, 3.63) is 29.8 Å². The van der Waals surface area contributed by atoms with Crippen molar-refractivity contribution in [2.24, 2.45) is 11.8 Å². The first kappa shape index (κ1) is 20.3. The van der Waals surface area contributed by atoms with Gasteiger partial charge in [-0.25, -0.2) is 4.79 Å². The van der Waals surface area contributed by atoms with E-state index in [-0.39, 0.29) is 6.42 Å². The van der Waals surface area contributed by atoms with Crippen LogP contribution in [-0.4, -0.2) is 30.0 Å². The summed E-state index contributed by atoms with van der Waals surface area (Å²) >= 11 is 5.56. The second kappa shape index (κ2) is 9.49. The fraction of sp³-hybridized carbons (Fsp3) is 0.529. The summed E-state index contributed by atoms with van der Waals surface area (Å²) in [5.74, 6) is 3.56. The minimum Gasteiger partial charge on any atom is -0.492 e. The van der Waals surface area contributed by atoms with Gasteiger partial charge in [-0.05, 0) is 51.3 Å². The van der Waals surface area contributed by atoms with Gasteiger partial charge in [0.15, 0.2) is 5.92 Å². The molecular weight excluding hydrogens is 334 g/mol. The highest BCUT2D eigenvalue weighted by atomic mass is 35.5. The average Bonchev–Trinajstić information content (AvgIpc) is 2.52. The van der Waals surface area contributed by atoms with E-state index < -0.39 is 23.5 Å². The molecule has 0 heterocycles. The molecule has 0 aliphatic carbocycles. The zero-order valence-electron chi connectivity index (χ0n) is 14.2. The Bertz CT molecular complexity index is 539. The highest BCUT2D eigenvalue weighted by Crippen LogP contribution is 2.19. The number of nitrogens with two attached hydrogens (primary N) is 1. The van der Waals surface area contributed by atoms with Crippen LogP contribution in [0.4, 0.5) is 0 Å². The normalized spacial score (nSPS) is 12.4. The molecule has 1 atom stereocenters. The summed E-state index contributed by atoms with van der Waals surface area (Å²) in [6.45, 7) is 5.63. The lowest BCUT2D eigenvalue weighted by molar-refractivity contribution is -0.169. The predicted molar refractivity (Wildman–Crippen MR) is 90.6 cm³/mol. The van der Waals surface area contributed by atoms with Crippen molar-refractivity contribution in [1.82, 2.24) is 0 Å². The van der Waals surface area contributed by atoms with E-state index in [1.54, 1.807) is 20.8 Å². The largest absolute Gasteiger partial charge is 0.492 e. The molecule has 0 spiro atoms. The molecule has 0 bridgehead atoms. The van der Waals surface area contributed by atoms with E-state index in [2.05, 4.69) is 4.84 Å². The molecule has 1 rings (SSSR count). The molecule has 0 radical (unpaired) electrons. The maximum absolute atomic E-state index is 12.1. The average molecular weight is 358 g/mol. The van der Waals surface area contributed by atoms with Gasteiger partial charge in [-0.1, -0.05) is 12.1 Å². The molecule has 24 heavy (non-hydrogen) atoms. The number of alkyl halides is 1. The number of hydrogen-bond donors (Lipinski definition) is 1. The minimum atomic E-state index is -1.05. The number of ether oxygens (including phenoxy) is 2. The van der Waals surface area contributed by atoms with Crippen molar-refractivity contribution >= 4 is 23.5 Å². The first-order valence-corrected chi connectivity index (χ1v) is 8.21. The Morgan fingerprint density at radius 3 is 2.29 bits per heavy atom. The van der Waals surface area contributed by atoms with Gasteiger partial charge >= 0.3 is 11.9 Å². The van der Waals surface area contributed by atoms with E-state index in [1.165, 1.54) is 0 Å². The Balaban J connectivity index is 2.67. The molecule has 2 N–H and O–H groups in total. The molecule has 1 unspecified atom stereocenters. The number of esters is 1. The lowest BCUT2D eigenvalue weighted by Gasteiger charge is -2.22. The van der Waals surface area contributed by atoms with Crippen molar-refractivity contribution < 1.29 is 23.9 Å². The number of carbonyl (C=O) groups is 2. The second-order valence-electron chi connectivity index (χ2n) is 6.24. The van der Waals surface area contributed by atoms with Gasteiger partial charge in [0, 0.05) is 0 Å². The molecule has 0 saturated heterocycles. The van der Waals surface area contributed by atoms with Gasteiger partial charge in [0.1, 0.15) is 18.0 Å². The van der Waals surface area contributed by atoms with Crippen LogP contribution < -0.4 is 10.6 Å². The Morgan fingerprint density at radius 2 is 1.79 bits per heavy atom. The number of halogens is 1. The van der Waals surface area contributed by atoms with Crippen molar-refractivity contribution in [2.75, 3.05) is 12.5 Å². The summed E-state index contributed by atoms with van der Waals surface area (Å²) in [7, 11) is 0. The molecule has 0 amide bonds. The van der Waals surface area contributed by atoms with Crippen LogP contribution in [0.3, 0.4) is 0 Å². The first-order valence-electron chi connectivity index (χ1n) is 7.68. The predicted octanol–water partition coefficient (Wildman–Crippen LogP) is 2.61. The van der Waals surface area contributed by atoms with Crippen molar-refractivity contribution in [1.29, 1.82) is 0 Å². The van der Waals surface area contributed by atoms with Gasteiger partial charge in [-0.2, -0.15) is 5.90 Å². The van der Waals surface area contributed by atoms with Crippen LogP contribution in [0.1, 0.15) is 32.8 Å². The van der Waals surface area contributed by atoms with E-state index >= 15 is 0 Å². The van der Waals surface area contributed by atoms with E-state index in [1.807, 2.05) is 24.3 Å². The van der Waals surface area contributed by atoms with E-state index in [9.17, 15) is 9.59 Å². The van der Waals surface area contributed by atoms with Gasteiger partial charge < -0.3 is 14.3 Å². The summed E-state index contributed by atoms with van der Waals surface area (Å²) in [5.41, 5.74) is 0.262. The topological polar surface area (TPSA) is 87.8 Å². The fourth-order valence-corrected chi connectivity index (χ4v) is 2.08. The summed E-state index contributed by atoms with van der Waals surface area (Å²) in [6.07, 6.45) is 0.738. The fourth-order valence-electron chi connectivity index (χ4n) is 2.01. The summed E-state index contributed by atoms with van der Waals surface area (Å²) in [6, 6.07) is 7.35. The SMILES string of the molecule is CC(C)(C)OC(=O)C(CCc1ccc(OCCCl)cc1)C(=O)ON. The number of rotatable bonds is 8. The molecule has 6 nitrogen and oxygen atoms in total. The molecule has 0 aromatic heterocycles. The summed E-state index contributed by atoms with van der Waals surface area (Å²) < 4.78 is 10.6. The summed E-state index contributed by atoms with van der Waals surface area (Å²) in [4.78, 5) is 28.1. The van der Waals surface area contributed by atoms with E-state index in [0.29, 0.717) is 24.7 Å². The Hall–Kier alpha value is -1.79. The molecular formula is C17H24ClNO5. The lowest BCUT2D eigenvalue weighted by Crippen LogP contribution is -2.35.